The van der Waals surface area contributed by atoms with Gasteiger partial charge in [-0.05, 0) is 12.1 Å². The van der Waals surface area contributed by atoms with E-state index in [-0.39, 0.29) is 0 Å². The first-order valence-corrected chi connectivity index (χ1v) is 4.80. The second-order valence-corrected chi connectivity index (χ2v) is 3.59. The van der Waals surface area contributed by atoms with Crippen LogP contribution in [-0.2, 0) is 0 Å². The summed E-state index contributed by atoms with van der Waals surface area (Å²) in [6.45, 7) is 0. The summed E-state index contributed by atoms with van der Waals surface area (Å²) < 4.78 is 2.24. The van der Waals surface area contributed by atoms with Gasteiger partial charge in [0.05, 0.1) is 0 Å². The first-order valence-electron chi connectivity index (χ1n) is 4.80. The van der Waals surface area contributed by atoms with Crippen LogP contribution in [0.25, 0.3) is 21.8 Å². The Morgan fingerprint density at radius 3 is 1.64 bits per heavy atom. The molecule has 0 aliphatic heterocycles. The van der Waals surface area contributed by atoms with Gasteiger partial charge in [-0.15, -0.1) is 0 Å². The van der Waals surface area contributed by atoms with Gasteiger partial charge in [-0.25, -0.2) is 0 Å². The Morgan fingerprint density at radius 2 is 1.14 bits per heavy atom. The lowest BCUT2D eigenvalue weighted by Crippen LogP contribution is -1.88. The lowest BCUT2D eigenvalue weighted by Gasteiger charge is -1.96. The van der Waals surface area contributed by atoms with Gasteiger partial charge in [0.1, 0.15) is 0 Å². The van der Waals surface area contributed by atoms with Crippen LogP contribution in [0.15, 0.2) is 48.5 Å². The molecule has 0 spiro atoms. The summed E-state index contributed by atoms with van der Waals surface area (Å²) in [4.78, 5) is 0. The Labute approximate surface area is 83.4 Å². The lowest BCUT2D eigenvalue weighted by atomic mass is 10.2. The van der Waals surface area contributed by atoms with Crippen LogP contribution in [0, 0.1) is 0 Å². The van der Waals surface area contributed by atoms with E-state index in [2.05, 4.69) is 61.0 Å². The maximum atomic E-state index is 2.24. The highest BCUT2D eigenvalue weighted by atomic mass is 14.9. The fourth-order valence-electron chi connectivity index (χ4n) is 2.12. The molecule has 0 saturated heterocycles. The number of rotatable bonds is 0. The average Bonchev–Trinajstić information content (AvgIpc) is 2.55. The summed E-state index contributed by atoms with van der Waals surface area (Å²) >= 11 is 0. The van der Waals surface area contributed by atoms with Crippen molar-refractivity contribution >= 4 is 29.8 Å². The first kappa shape index (κ1) is 7.68. The van der Waals surface area contributed by atoms with Gasteiger partial charge in [0.25, 0.3) is 0 Å². The van der Waals surface area contributed by atoms with Crippen molar-refractivity contribution in [2.24, 2.45) is 0 Å². The molecule has 0 bridgehead atoms. The zero-order chi connectivity index (χ0) is 9.54. The van der Waals surface area contributed by atoms with Crippen molar-refractivity contribution in [3.05, 3.63) is 48.5 Å². The fourth-order valence-corrected chi connectivity index (χ4v) is 2.12. The van der Waals surface area contributed by atoms with Gasteiger partial charge in [0.15, 0.2) is 0 Å². The molecule has 1 aromatic heterocycles. The molecule has 14 heavy (non-hydrogen) atoms. The number of hydrogen-bond acceptors (Lipinski definition) is 0. The van der Waals surface area contributed by atoms with Crippen LogP contribution < -0.4 is 0 Å². The minimum absolute atomic E-state index is 1.30. The molecule has 1 nitrogen and oxygen atoms in total. The van der Waals surface area contributed by atoms with Gasteiger partial charge in [-0.3, -0.25) is 0 Å². The molecule has 66 valence electrons. The third kappa shape index (κ3) is 0.855. The molecule has 0 atom stereocenters. The van der Waals surface area contributed by atoms with Crippen LogP contribution in [0.2, 0.25) is 0 Å². The fraction of sp³-hybridized carbons (Fsp3) is 0. The molecule has 2 heteroatoms. The molecule has 0 aliphatic carbocycles. The van der Waals surface area contributed by atoms with Crippen LogP contribution in [0.4, 0.5) is 0 Å². The van der Waals surface area contributed by atoms with E-state index in [9.17, 15) is 0 Å². The number of benzene rings is 2. The predicted octanol–water partition coefficient (Wildman–Crippen LogP) is 2.19. The molecule has 0 radical (unpaired) electrons. The molecule has 3 rings (SSSR count). The third-order valence-electron chi connectivity index (χ3n) is 2.82. The highest BCUT2D eigenvalue weighted by Crippen LogP contribution is 2.26. The average molecular weight is 179 g/mol. The van der Waals surface area contributed by atoms with Crippen molar-refractivity contribution in [2.45, 2.75) is 0 Å². The smallest absolute Gasteiger partial charge is 0.223 e. The summed E-state index contributed by atoms with van der Waals surface area (Å²) in [5.41, 5.74) is 2.60. The monoisotopic (exact) mass is 179 g/mol. The molecule has 0 unspecified atom stereocenters. The van der Waals surface area contributed by atoms with Crippen molar-refractivity contribution in [1.29, 1.82) is 0 Å². The predicted molar refractivity (Wildman–Crippen MR) is 63.4 cm³/mol. The summed E-state index contributed by atoms with van der Waals surface area (Å²) in [5, 5.41) is 2.68. The third-order valence-corrected chi connectivity index (χ3v) is 2.82. The van der Waals surface area contributed by atoms with Gasteiger partial charge in [-0.1, -0.05) is 36.4 Å². The Balaban J connectivity index is 2.69. The number of para-hydroxylation sites is 2. The zero-order valence-corrected chi connectivity index (χ0v) is 8.07. The normalized spacial score (nSPS) is 11.1. The van der Waals surface area contributed by atoms with E-state index in [0.29, 0.717) is 0 Å². The van der Waals surface area contributed by atoms with E-state index in [1.165, 1.54) is 21.8 Å². The summed E-state index contributed by atoms with van der Waals surface area (Å²) in [7, 11) is 2.12. The Kier molecular flexibility index (Phi) is 1.45. The van der Waals surface area contributed by atoms with E-state index in [0.717, 1.165) is 0 Å². The SMILES string of the molecule is Bn1c2ccccc2c2ccccc21. The molecule has 0 fully saturated rings. The van der Waals surface area contributed by atoms with Crippen molar-refractivity contribution in [2.75, 3.05) is 0 Å². The number of hydrogen-bond donors (Lipinski definition) is 0. The topological polar surface area (TPSA) is 4.93 Å². The largest absolute Gasteiger partial charge is 0.393 e. The van der Waals surface area contributed by atoms with E-state index < -0.39 is 0 Å². The number of nitrogens with zero attached hydrogens (tertiary/aromatic N) is 1. The van der Waals surface area contributed by atoms with Crippen molar-refractivity contribution in [3.8, 4) is 0 Å². The van der Waals surface area contributed by atoms with Crippen molar-refractivity contribution in [1.82, 2.24) is 4.48 Å². The molecule has 0 aliphatic rings. The molecule has 0 N–H and O–H groups in total. The molecule has 0 saturated carbocycles. The van der Waals surface area contributed by atoms with Crippen LogP contribution in [-0.4, -0.2) is 12.5 Å². The summed E-state index contributed by atoms with van der Waals surface area (Å²) in [5.74, 6) is 0. The number of fused-ring (bicyclic) bond motifs is 3. The second kappa shape index (κ2) is 2.64. The van der Waals surface area contributed by atoms with Gasteiger partial charge in [-0.2, -0.15) is 0 Å². The minimum Gasteiger partial charge on any atom is -0.393 e. The van der Waals surface area contributed by atoms with E-state index >= 15 is 0 Å². The van der Waals surface area contributed by atoms with Gasteiger partial charge in [0, 0.05) is 21.8 Å². The van der Waals surface area contributed by atoms with Gasteiger partial charge >= 0.3 is 0 Å². The van der Waals surface area contributed by atoms with Crippen LogP contribution in [0.5, 0.6) is 0 Å². The van der Waals surface area contributed by atoms with E-state index in [1.54, 1.807) is 0 Å². The second-order valence-electron chi connectivity index (χ2n) is 3.59. The van der Waals surface area contributed by atoms with Gasteiger partial charge < -0.3 is 4.48 Å². The van der Waals surface area contributed by atoms with Crippen molar-refractivity contribution < 1.29 is 0 Å². The number of aromatic nitrogens is 1. The first-order chi connectivity index (χ1) is 6.88. The molecule has 3 aromatic rings. The quantitative estimate of drug-likeness (QED) is 0.466. The van der Waals surface area contributed by atoms with Crippen LogP contribution >= 0.6 is 0 Å². The maximum absolute atomic E-state index is 2.24. The molecule has 1 heterocycles. The maximum Gasteiger partial charge on any atom is 0.223 e. The van der Waals surface area contributed by atoms with E-state index in [4.69, 9.17) is 0 Å². The van der Waals surface area contributed by atoms with Crippen LogP contribution in [0.1, 0.15) is 0 Å². The molecular formula is C12H10BN. The Bertz CT molecular complexity index is 557. The highest BCUT2D eigenvalue weighted by molar-refractivity contribution is 6.21. The molecule has 0 amide bonds. The Morgan fingerprint density at radius 1 is 0.714 bits per heavy atom. The van der Waals surface area contributed by atoms with Gasteiger partial charge in [0.2, 0.25) is 7.98 Å². The minimum atomic E-state index is 1.30. The standard InChI is InChI=1S/C12H10BN/c13-14-11-7-3-1-5-9(11)10-6-2-4-8-12(10)14/h1-8H,13H2. The van der Waals surface area contributed by atoms with E-state index in [1.807, 2.05) is 0 Å². The summed E-state index contributed by atoms with van der Waals surface area (Å²) in [6, 6.07) is 17.0. The molecule has 2 aromatic carbocycles. The lowest BCUT2D eigenvalue weighted by molar-refractivity contribution is 1.39. The summed E-state index contributed by atoms with van der Waals surface area (Å²) in [6.07, 6.45) is 0. The molecular weight excluding hydrogens is 169 g/mol. The van der Waals surface area contributed by atoms with Crippen molar-refractivity contribution in [3.63, 3.8) is 0 Å². The highest BCUT2D eigenvalue weighted by Gasteiger charge is 2.04. The Hall–Kier alpha value is -1.70. The van der Waals surface area contributed by atoms with Crippen LogP contribution in [0.3, 0.4) is 0 Å². The zero-order valence-electron chi connectivity index (χ0n) is 8.07.